The Morgan fingerprint density at radius 1 is 1.32 bits per heavy atom. The summed E-state index contributed by atoms with van der Waals surface area (Å²) in [4.78, 5) is 19.5. The summed E-state index contributed by atoms with van der Waals surface area (Å²) in [6, 6.07) is 6.23. The highest BCUT2D eigenvalue weighted by atomic mass is 32.1. The van der Waals surface area contributed by atoms with E-state index in [-0.39, 0.29) is 0 Å². The maximum absolute atomic E-state index is 12.2. The van der Waals surface area contributed by atoms with Gasteiger partial charge < -0.3 is 9.84 Å². The van der Waals surface area contributed by atoms with E-state index >= 15 is 0 Å². The van der Waals surface area contributed by atoms with Gasteiger partial charge in [0.05, 0.1) is 11.7 Å². The number of carboxylic acid groups (broad SMARTS) is 1. The number of benzene rings is 1. The molecule has 1 aliphatic rings. The molecule has 0 spiro atoms. The number of pyridine rings is 1. The van der Waals surface area contributed by atoms with Crippen LogP contribution < -0.4 is 0 Å². The molecule has 5 rings (SSSR count). The zero-order valence-corrected chi connectivity index (χ0v) is 18.8. The summed E-state index contributed by atoms with van der Waals surface area (Å²) in [7, 11) is 1.92. The van der Waals surface area contributed by atoms with Gasteiger partial charge in [-0.15, -0.1) is 11.3 Å². The van der Waals surface area contributed by atoms with Crippen molar-refractivity contribution < 1.29 is 14.6 Å². The second kappa shape index (κ2) is 7.73. The summed E-state index contributed by atoms with van der Waals surface area (Å²) in [6.45, 7) is 4.04. The van der Waals surface area contributed by atoms with E-state index in [0.29, 0.717) is 17.9 Å². The Kier molecular flexibility index (Phi) is 5.02. The van der Waals surface area contributed by atoms with Crippen molar-refractivity contribution in [3.63, 3.8) is 0 Å². The monoisotopic (exact) mass is 435 g/mol. The van der Waals surface area contributed by atoms with Gasteiger partial charge in [-0.25, -0.2) is 9.78 Å². The molecule has 0 aliphatic heterocycles. The van der Waals surface area contributed by atoms with Crippen molar-refractivity contribution in [3.8, 4) is 11.1 Å². The molecule has 0 radical (unpaired) electrons. The number of aliphatic carboxylic acids is 1. The van der Waals surface area contributed by atoms with E-state index in [1.807, 2.05) is 31.8 Å². The van der Waals surface area contributed by atoms with Crippen molar-refractivity contribution in [1.82, 2.24) is 14.8 Å². The average molecular weight is 436 g/mol. The lowest BCUT2D eigenvalue weighted by molar-refractivity contribution is -0.150. The standard InChI is InChI=1S/C24H25N3O3S/c1-4-30-22(24(28)29)19-13(2)26-23-21(16-7-5-6-8-18(16)31-23)20(19)14-9-10-17-15(11-14)12-25-27(17)3/h9-12,22H,4-8H2,1-3H3,(H,28,29)/t22-/m0/s1. The molecule has 1 aliphatic carbocycles. The molecule has 31 heavy (non-hydrogen) atoms. The van der Waals surface area contributed by atoms with Crippen LogP contribution in [0.1, 0.15) is 47.6 Å². The number of aryl methyl sites for hydroxylation is 4. The Labute approximate surface area is 184 Å². The molecule has 0 saturated heterocycles. The van der Waals surface area contributed by atoms with Crippen LogP contribution in [0.5, 0.6) is 0 Å². The third-order valence-corrected chi connectivity index (χ3v) is 7.37. The lowest BCUT2D eigenvalue weighted by Crippen LogP contribution is -2.18. The maximum atomic E-state index is 12.2. The van der Waals surface area contributed by atoms with Gasteiger partial charge in [-0.3, -0.25) is 4.68 Å². The minimum Gasteiger partial charge on any atom is -0.479 e. The Hall–Kier alpha value is -2.77. The van der Waals surface area contributed by atoms with Crippen LogP contribution >= 0.6 is 11.3 Å². The minimum atomic E-state index is -1.05. The molecular formula is C24H25N3O3S. The van der Waals surface area contributed by atoms with E-state index in [2.05, 4.69) is 23.3 Å². The number of nitrogens with zero attached hydrogens (tertiary/aromatic N) is 3. The molecule has 3 aromatic heterocycles. The number of carbonyl (C=O) groups is 1. The Bertz CT molecular complexity index is 1320. The maximum Gasteiger partial charge on any atom is 0.337 e. The van der Waals surface area contributed by atoms with Gasteiger partial charge in [0, 0.05) is 46.1 Å². The van der Waals surface area contributed by atoms with Crippen LogP contribution in [-0.4, -0.2) is 32.4 Å². The summed E-state index contributed by atoms with van der Waals surface area (Å²) < 4.78 is 7.59. The van der Waals surface area contributed by atoms with Gasteiger partial charge in [-0.2, -0.15) is 5.10 Å². The van der Waals surface area contributed by atoms with Gasteiger partial charge >= 0.3 is 5.97 Å². The number of hydrogen-bond donors (Lipinski definition) is 1. The fourth-order valence-electron chi connectivity index (χ4n) is 4.80. The van der Waals surface area contributed by atoms with E-state index in [4.69, 9.17) is 9.72 Å². The van der Waals surface area contributed by atoms with Crippen molar-refractivity contribution >= 4 is 38.4 Å². The highest BCUT2D eigenvalue weighted by Gasteiger charge is 2.31. The molecule has 0 fully saturated rings. The predicted octanol–water partition coefficient (Wildman–Crippen LogP) is 5.20. The number of aromatic nitrogens is 3. The van der Waals surface area contributed by atoms with Crippen molar-refractivity contribution in [2.45, 2.75) is 45.6 Å². The SMILES string of the molecule is CCO[C@H](C(=O)O)c1c(C)nc2sc3c(c2c1-c1ccc2c(cnn2C)c1)CCCC3. The Balaban J connectivity index is 1.88. The number of hydrogen-bond acceptors (Lipinski definition) is 5. The van der Waals surface area contributed by atoms with Crippen LogP contribution in [0.2, 0.25) is 0 Å². The molecule has 6 nitrogen and oxygen atoms in total. The zero-order chi connectivity index (χ0) is 21.7. The fraction of sp³-hybridized carbons (Fsp3) is 0.375. The summed E-state index contributed by atoms with van der Waals surface area (Å²) in [6.07, 6.45) is 5.22. The third kappa shape index (κ3) is 3.23. The Morgan fingerprint density at radius 3 is 2.90 bits per heavy atom. The van der Waals surface area contributed by atoms with Crippen LogP contribution in [0.15, 0.2) is 24.4 Å². The first-order valence-corrected chi connectivity index (χ1v) is 11.5. The number of fused-ring (bicyclic) bond motifs is 4. The zero-order valence-electron chi connectivity index (χ0n) is 17.9. The van der Waals surface area contributed by atoms with E-state index in [1.165, 1.54) is 16.9 Å². The van der Waals surface area contributed by atoms with Crippen LogP contribution in [0.4, 0.5) is 0 Å². The summed E-state index contributed by atoms with van der Waals surface area (Å²) in [5.74, 6) is -0.987. The molecule has 4 aromatic rings. The molecule has 1 N–H and O–H groups in total. The number of carboxylic acids is 1. The van der Waals surface area contributed by atoms with Gasteiger partial charge in [0.2, 0.25) is 0 Å². The largest absolute Gasteiger partial charge is 0.479 e. The second-order valence-electron chi connectivity index (χ2n) is 8.09. The van der Waals surface area contributed by atoms with E-state index in [9.17, 15) is 9.90 Å². The summed E-state index contributed by atoms with van der Waals surface area (Å²) in [5.41, 5.74) is 5.70. The van der Waals surface area contributed by atoms with Crippen LogP contribution in [-0.2, 0) is 29.4 Å². The highest BCUT2D eigenvalue weighted by Crippen LogP contribution is 2.45. The fourth-order valence-corrected chi connectivity index (χ4v) is 6.12. The quantitative estimate of drug-likeness (QED) is 0.466. The number of thiophene rings is 1. The molecule has 0 unspecified atom stereocenters. The molecule has 0 amide bonds. The van der Waals surface area contributed by atoms with Gasteiger partial charge in [-0.05, 0) is 62.8 Å². The van der Waals surface area contributed by atoms with Gasteiger partial charge in [0.15, 0.2) is 6.10 Å². The van der Waals surface area contributed by atoms with Crippen molar-refractivity contribution in [2.75, 3.05) is 6.61 Å². The number of ether oxygens (including phenoxy) is 1. The van der Waals surface area contributed by atoms with E-state index in [0.717, 1.165) is 51.5 Å². The van der Waals surface area contributed by atoms with Gasteiger partial charge in [-0.1, -0.05) is 6.07 Å². The normalized spacial score (nSPS) is 14.8. The molecule has 1 aromatic carbocycles. The molecule has 0 bridgehead atoms. The third-order valence-electron chi connectivity index (χ3n) is 6.19. The van der Waals surface area contributed by atoms with E-state index in [1.54, 1.807) is 11.3 Å². The van der Waals surface area contributed by atoms with Crippen LogP contribution in [0.25, 0.3) is 32.2 Å². The van der Waals surface area contributed by atoms with Crippen molar-refractivity contribution in [1.29, 1.82) is 0 Å². The topological polar surface area (TPSA) is 77.2 Å². The van der Waals surface area contributed by atoms with Crippen LogP contribution in [0, 0.1) is 6.92 Å². The predicted molar refractivity (Wildman–Crippen MR) is 123 cm³/mol. The first-order chi connectivity index (χ1) is 15.0. The smallest absolute Gasteiger partial charge is 0.337 e. The van der Waals surface area contributed by atoms with Gasteiger partial charge in [0.1, 0.15) is 4.83 Å². The molecule has 7 heteroatoms. The van der Waals surface area contributed by atoms with E-state index < -0.39 is 12.1 Å². The van der Waals surface area contributed by atoms with Crippen molar-refractivity contribution in [3.05, 3.63) is 46.1 Å². The second-order valence-corrected chi connectivity index (χ2v) is 9.18. The first kappa shape index (κ1) is 20.2. The van der Waals surface area contributed by atoms with Crippen LogP contribution in [0.3, 0.4) is 0 Å². The molecule has 3 heterocycles. The highest BCUT2D eigenvalue weighted by molar-refractivity contribution is 7.19. The molecule has 0 saturated carbocycles. The van der Waals surface area contributed by atoms with Crippen molar-refractivity contribution in [2.24, 2.45) is 7.05 Å². The van der Waals surface area contributed by atoms with Gasteiger partial charge in [0.25, 0.3) is 0 Å². The number of rotatable bonds is 5. The average Bonchev–Trinajstić information content (AvgIpc) is 3.31. The molecule has 1 atom stereocenters. The first-order valence-electron chi connectivity index (χ1n) is 10.7. The lowest BCUT2D eigenvalue weighted by Gasteiger charge is -2.21. The molecule has 160 valence electrons. The Morgan fingerprint density at radius 2 is 2.13 bits per heavy atom. The molecular weight excluding hydrogens is 410 g/mol. The summed E-state index contributed by atoms with van der Waals surface area (Å²) >= 11 is 1.76. The summed E-state index contributed by atoms with van der Waals surface area (Å²) in [5, 5.41) is 16.5. The lowest BCUT2D eigenvalue weighted by atomic mass is 9.88. The minimum absolute atomic E-state index is 0.317.